The normalized spacial score (nSPS) is 11.9. The molecule has 1 N–H and O–H groups in total. The summed E-state index contributed by atoms with van der Waals surface area (Å²) in [6.07, 6.45) is 0.374. The lowest BCUT2D eigenvalue weighted by Crippen LogP contribution is -2.16. The summed E-state index contributed by atoms with van der Waals surface area (Å²) < 4.78 is 6.37. The predicted octanol–water partition coefficient (Wildman–Crippen LogP) is 6.85. The molecule has 3 aromatic rings. The summed E-state index contributed by atoms with van der Waals surface area (Å²) in [7, 11) is 1.62. The van der Waals surface area contributed by atoms with Crippen LogP contribution in [0.15, 0.2) is 72.8 Å². The third-order valence-electron chi connectivity index (χ3n) is 4.99. The van der Waals surface area contributed by atoms with Gasteiger partial charge < -0.3 is 10.1 Å². The first-order valence-electron chi connectivity index (χ1n) is 9.75. The van der Waals surface area contributed by atoms with E-state index in [0.717, 1.165) is 17.0 Å². The Balaban J connectivity index is 1.84. The number of halogens is 1. The number of carbonyl (C=O) groups is 1. The molecule has 29 heavy (non-hydrogen) atoms. The van der Waals surface area contributed by atoms with Gasteiger partial charge in [-0.3, -0.25) is 4.79 Å². The van der Waals surface area contributed by atoms with E-state index in [9.17, 15) is 4.79 Å². The second-order valence-electron chi connectivity index (χ2n) is 7.38. The summed E-state index contributed by atoms with van der Waals surface area (Å²) in [5.41, 5.74) is 4.10. The van der Waals surface area contributed by atoms with Gasteiger partial charge in [-0.2, -0.15) is 0 Å². The molecule has 3 aromatic carbocycles. The molecule has 1 atom stereocenters. The molecule has 0 saturated carbocycles. The van der Waals surface area contributed by atoms with Crippen LogP contribution in [0, 0.1) is 3.57 Å². The van der Waals surface area contributed by atoms with E-state index in [4.69, 9.17) is 4.74 Å². The molecular weight excluding hydrogens is 473 g/mol. The minimum atomic E-state index is -0.106. The molecule has 0 aliphatic carbocycles. The zero-order valence-corrected chi connectivity index (χ0v) is 19.1. The smallest absolute Gasteiger partial charge is 0.165 e. The van der Waals surface area contributed by atoms with E-state index in [1.54, 1.807) is 7.11 Å². The van der Waals surface area contributed by atoms with E-state index in [-0.39, 0.29) is 11.8 Å². The van der Waals surface area contributed by atoms with Crippen LogP contribution >= 0.6 is 22.6 Å². The molecule has 0 aliphatic rings. The quantitative estimate of drug-likeness (QED) is 0.272. The van der Waals surface area contributed by atoms with Gasteiger partial charge in [-0.25, -0.2) is 0 Å². The highest BCUT2D eigenvalue weighted by Gasteiger charge is 2.18. The predicted molar refractivity (Wildman–Crippen MR) is 128 cm³/mol. The van der Waals surface area contributed by atoms with Crippen LogP contribution in [0.1, 0.15) is 53.7 Å². The second-order valence-corrected chi connectivity index (χ2v) is 8.63. The maximum Gasteiger partial charge on any atom is 0.165 e. The number of ketones is 1. The fourth-order valence-electron chi connectivity index (χ4n) is 3.19. The van der Waals surface area contributed by atoms with Crippen molar-refractivity contribution in [2.45, 2.75) is 32.2 Å². The number of carbonyl (C=O) groups excluding carboxylic acids is 1. The minimum Gasteiger partial charge on any atom is -0.497 e. The van der Waals surface area contributed by atoms with E-state index in [0.29, 0.717) is 17.9 Å². The summed E-state index contributed by atoms with van der Waals surface area (Å²) in [5, 5.41) is 3.55. The van der Waals surface area contributed by atoms with Gasteiger partial charge in [0.15, 0.2) is 5.78 Å². The number of Topliss-reactive ketones (excluding diaryl/α,β-unsaturated/α-hetero) is 1. The van der Waals surface area contributed by atoms with Crippen LogP contribution in [0.3, 0.4) is 0 Å². The largest absolute Gasteiger partial charge is 0.497 e. The van der Waals surface area contributed by atoms with Gasteiger partial charge >= 0.3 is 0 Å². The lowest BCUT2D eigenvalue weighted by molar-refractivity contribution is 0.0976. The van der Waals surface area contributed by atoms with Gasteiger partial charge in [-0.05, 0) is 88.2 Å². The molecule has 3 rings (SSSR count). The molecule has 0 saturated heterocycles. The first kappa shape index (κ1) is 21.4. The SMILES string of the molecule is COc1ccc(C(=O)C[C@@H](Nc2ccc(I)cc2)c2ccc(C(C)C)cc2)cc1. The van der Waals surface area contributed by atoms with Crippen molar-refractivity contribution in [1.29, 1.82) is 0 Å². The topological polar surface area (TPSA) is 38.3 Å². The van der Waals surface area contributed by atoms with Crippen molar-refractivity contribution in [3.63, 3.8) is 0 Å². The third-order valence-corrected chi connectivity index (χ3v) is 5.71. The average molecular weight is 499 g/mol. The molecule has 0 unspecified atom stereocenters. The zero-order valence-electron chi connectivity index (χ0n) is 17.0. The Hall–Kier alpha value is -2.34. The molecule has 150 valence electrons. The maximum absolute atomic E-state index is 13.0. The van der Waals surface area contributed by atoms with E-state index >= 15 is 0 Å². The molecule has 0 spiro atoms. The summed E-state index contributed by atoms with van der Waals surface area (Å²) >= 11 is 2.29. The number of hydrogen-bond donors (Lipinski definition) is 1. The van der Waals surface area contributed by atoms with Gasteiger partial charge in [0.25, 0.3) is 0 Å². The van der Waals surface area contributed by atoms with Crippen molar-refractivity contribution in [3.8, 4) is 5.75 Å². The van der Waals surface area contributed by atoms with Gasteiger partial charge in [-0.15, -0.1) is 0 Å². The Labute approximate surface area is 186 Å². The second kappa shape index (κ2) is 9.92. The van der Waals surface area contributed by atoms with Crippen molar-refractivity contribution >= 4 is 34.1 Å². The Morgan fingerprint density at radius 2 is 1.48 bits per heavy atom. The molecule has 0 bridgehead atoms. The standard InChI is InChI=1S/C25H26INO2/c1-17(2)18-4-6-19(7-5-18)24(27-22-12-10-21(26)11-13-22)16-25(28)20-8-14-23(29-3)15-9-20/h4-15,17,24,27H,16H2,1-3H3/t24-/m1/s1. The molecule has 0 radical (unpaired) electrons. The monoisotopic (exact) mass is 499 g/mol. The van der Waals surface area contributed by atoms with Gasteiger partial charge in [-0.1, -0.05) is 38.1 Å². The van der Waals surface area contributed by atoms with Crippen LogP contribution in [0.25, 0.3) is 0 Å². The highest BCUT2D eigenvalue weighted by atomic mass is 127. The molecule has 0 amide bonds. The molecule has 0 heterocycles. The van der Waals surface area contributed by atoms with Crippen LogP contribution in [-0.2, 0) is 0 Å². The minimum absolute atomic E-state index is 0.101. The Morgan fingerprint density at radius 1 is 0.897 bits per heavy atom. The molecule has 4 heteroatoms. The summed E-state index contributed by atoms with van der Waals surface area (Å²) in [5.74, 6) is 1.33. The summed E-state index contributed by atoms with van der Waals surface area (Å²) in [6.45, 7) is 4.37. The number of nitrogens with one attached hydrogen (secondary N) is 1. The first-order chi connectivity index (χ1) is 14.0. The number of benzene rings is 3. The summed E-state index contributed by atoms with van der Waals surface area (Å²) in [4.78, 5) is 13.0. The molecular formula is C25H26INO2. The molecule has 0 aliphatic heterocycles. The van der Waals surface area contributed by atoms with Crippen molar-refractivity contribution in [2.75, 3.05) is 12.4 Å². The fourth-order valence-corrected chi connectivity index (χ4v) is 3.55. The maximum atomic E-state index is 13.0. The lowest BCUT2D eigenvalue weighted by Gasteiger charge is -2.21. The van der Waals surface area contributed by atoms with Gasteiger partial charge in [0.1, 0.15) is 5.75 Å². The number of ether oxygens (including phenoxy) is 1. The Morgan fingerprint density at radius 3 is 2.03 bits per heavy atom. The Bertz CT molecular complexity index is 932. The van der Waals surface area contributed by atoms with Crippen LogP contribution in [-0.4, -0.2) is 12.9 Å². The van der Waals surface area contributed by atoms with Crippen molar-refractivity contribution in [3.05, 3.63) is 93.1 Å². The molecule has 0 aromatic heterocycles. The number of methoxy groups -OCH3 is 1. The van der Waals surface area contributed by atoms with E-state index in [1.807, 2.05) is 24.3 Å². The van der Waals surface area contributed by atoms with E-state index in [2.05, 4.69) is 90.3 Å². The van der Waals surface area contributed by atoms with Gasteiger partial charge in [0, 0.05) is 21.2 Å². The van der Waals surface area contributed by atoms with Crippen LogP contribution < -0.4 is 10.1 Å². The Kier molecular flexibility index (Phi) is 7.31. The third kappa shape index (κ3) is 5.82. The fraction of sp³-hybridized carbons (Fsp3) is 0.240. The highest BCUT2D eigenvalue weighted by molar-refractivity contribution is 14.1. The number of hydrogen-bond acceptors (Lipinski definition) is 3. The lowest BCUT2D eigenvalue weighted by atomic mass is 9.95. The number of anilines is 1. The van der Waals surface area contributed by atoms with Crippen molar-refractivity contribution < 1.29 is 9.53 Å². The van der Waals surface area contributed by atoms with Crippen molar-refractivity contribution in [1.82, 2.24) is 0 Å². The zero-order chi connectivity index (χ0) is 20.8. The number of rotatable bonds is 8. The molecule has 3 nitrogen and oxygen atoms in total. The van der Waals surface area contributed by atoms with Crippen LogP contribution in [0.2, 0.25) is 0 Å². The average Bonchev–Trinajstić information content (AvgIpc) is 2.75. The first-order valence-corrected chi connectivity index (χ1v) is 10.8. The van der Waals surface area contributed by atoms with Gasteiger partial charge in [0.05, 0.1) is 13.2 Å². The van der Waals surface area contributed by atoms with Crippen LogP contribution in [0.4, 0.5) is 5.69 Å². The van der Waals surface area contributed by atoms with E-state index < -0.39 is 0 Å². The highest BCUT2D eigenvalue weighted by Crippen LogP contribution is 2.27. The summed E-state index contributed by atoms with van der Waals surface area (Å²) in [6, 6.07) is 24.0. The van der Waals surface area contributed by atoms with Crippen LogP contribution in [0.5, 0.6) is 5.75 Å². The van der Waals surface area contributed by atoms with Crippen molar-refractivity contribution in [2.24, 2.45) is 0 Å². The molecule has 0 fully saturated rings. The van der Waals surface area contributed by atoms with Gasteiger partial charge in [0.2, 0.25) is 0 Å². The van der Waals surface area contributed by atoms with E-state index in [1.165, 1.54) is 9.13 Å².